The van der Waals surface area contributed by atoms with Gasteiger partial charge in [-0.1, -0.05) is 0 Å². The molecule has 0 unspecified atom stereocenters. The molecule has 24 heavy (non-hydrogen) atoms. The lowest BCUT2D eigenvalue weighted by atomic mass is 10.4. The van der Waals surface area contributed by atoms with Crippen molar-refractivity contribution >= 4 is 40.5 Å². The van der Waals surface area contributed by atoms with E-state index in [9.17, 15) is 13.2 Å². The SMILES string of the molecule is C/C(=N/c1nc(Cl)nc(Nc2ccn3ccnc3c2)n1)C(F)(F)F. The molecule has 0 aliphatic heterocycles. The molecule has 0 aromatic carbocycles. The van der Waals surface area contributed by atoms with Crippen LogP contribution in [0.2, 0.25) is 5.28 Å². The van der Waals surface area contributed by atoms with Crippen LogP contribution >= 0.6 is 11.6 Å². The quantitative estimate of drug-likeness (QED) is 0.726. The van der Waals surface area contributed by atoms with Crippen molar-refractivity contribution in [2.24, 2.45) is 4.99 Å². The summed E-state index contributed by atoms with van der Waals surface area (Å²) in [7, 11) is 0. The van der Waals surface area contributed by atoms with E-state index in [4.69, 9.17) is 11.6 Å². The van der Waals surface area contributed by atoms with Gasteiger partial charge in [-0.2, -0.15) is 28.1 Å². The van der Waals surface area contributed by atoms with Crippen LogP contribution in [0.5, 0.6) is 0 Å². The lowest BCUT2D eigenvalue weighted by Gasteiger charge is -2.07. The Bertz CT molecular complexity index is 919. The highest BCUT2D eigenvalue weighted by Gasteiger charge is 2.32. The van der Waals surface area contributed by atoms with Gasteiger partial charge in [-0.25, -0.2) is 9.98 Å². The highest BCUT2D eigenvalue weighted by molar-refractivity contribution is 6.28. The van der Waals surface area contributed by atoms with E-state index < -0.39 is 17.8 Å². The monoisotopic (exact) mass is 355 g/mol. The molecule has 0 bridgehead atoms. The molecule has 0 saturated heterocycles. The smallest absolute Gasteiger partial charge is 0.324 e. The minimum Gasteiger partial charge on any atom is -0.324 e. The van der Waals surface area contributed by atoms with Gasteiger partial charge in [-0.15, -0.1) is 0 Å². The number of anilines is 2. The van der Waals surface area contributed by atoms with E-state index in [1.165, 1.54) is 0 Å². The number of nitrogens with one attached hydrogen (secondary N) is 1. The summed E-state index contributed by atoms with van der Waals surface area (Å²) in [6.07, 6.45) is 0.579. The molecular formula is C13H9ClF3N7. The van der Waals surface area contributed by atoms with E-state index in [0.717, 1.165) is 6.92 Å². The number of hydrogen-bond donors (Lipinski definition) is 1. The highest BCUT2D eigenvalue weighted by Crippen LogP contribution is 2.22. The second-order valence-electron chi connectivity index (χ2n) is 4.66. The van der Waals surface area contributed by atoms with Crippen molar-refractivity contribution in [3.8, 4) is 0 Å². The zero-order chi connectivity index (χ0) is 17.3. The maximum absolute atomic E-state index is 12.5. The maximum atomic E-state index is 12.5. The Labute approximate surface area is 138 Å². The molecule has 11 heteroatoms. The number of imidazole rings is 1. The van der Waals surface area contributed by atoms with Gasteiger partial charge in [0.2, 0.25) is 11.2 Å². The fourth-order valence-corrected chi connectivity index (χ4v) is 1.93. The summed E-state index contributed by atoms with van der Waals surface area (Å²) in [5, 5.41) is 2.55. The van der Waals surface area contributed by atoms with Crippen molar-refractivity contribution in [2.75, 3.05) is 5.32 Å². The zero-order valence-corrected chi connectivity index (χ0v) is 12.8. The lowest BCUT2D eigenvalue weighted by molar-refractivity contribution is -0.0591. The van der Waals surface area contributed by atoms with Gasteiger partial charge in [0, 0.05) is 30.3 Å². The highest BCUT2D eigenvalue weighted by atomic mass is 35.5. The van der Waals surface area contributed by atoms with Crippen LogP contribution in [0, 0.1) is 0 Å². The number of rotatable bonds is 3. The van der Waals surface area contributed by atoms with E-state index in [1.54, 1.807) is 35.1 Å². The Hall–Kier alpha value is -2.75. The largest absolute Gasteiger partial charge is 0.429 e. The van der Waals surface area contributed by atoms with Gasteiger partial charge >= 0.3 is 6.18 Å². The van der Waals surface area contributed by atoms with Gasteiger partial charge in [0.1, 0.15) is 11.4 Å². The van der Waals surface area contributed by atoms with E-state index in [-0.39, 0.29) is 11.2 Å². The molecule has 3 aromatic rings. The minimum absolute atomic E-state index is 0.0281. The number of aromatic nitrogens is 5. The summed E-state index contributed by atoms with van der Waals surface area (Å²) in [5.41, 5.74) is 0.166. The van der Waals surface area contributed by atoms with Gasteiger partial charge in [-0.05, 0) is 24.6 Å². The number of fused-ring (bicyclic) bond motifs is 1. The first kappa shape index (κ1) is 16.1. The molecule has 0 radical (unpaired) electrons. The van der Waals surface area contributed by atoms with Crippen LogP contribution in [0.4, 0.5) is 30.8 Å². The van der Waals surface area contributed by atoms with Gasteiger partial charge in [0.15, 0.2) is 0 Å². The first-order valence-electron chi connectivity index (χ1n) is 6.55. The molecule has 0 amide bonds. The van der Waals surface area contributed by atoms with Gasteiger partial charge < -0.3 is 9.72 Å². The Morgan fingerprint density at radius 3 is 2.79 bits per heavy atom. The minimum atomic E-state index is -4.57. The number of hydrogen-bond acceptors (Lipinski definition) is 6. The number of halogens is 4. The van der Waals surface area contributed by atoms with Crippen molar-refractivity contribution < 1.29 is 13.2 Å². The standard InChI is InChI=1S/C13H9ClF3N7/c1-7(13(15,16)17)19-11-21-10(14)22-12(23-11)20-8-2-4-24-5-3-18-9(24)6-8/h2-6H,1H3,(H,20,21,22,23)/b19-7-. The molecule has 3 rings (SSSR count). The second kappa shape index (κ2) is 6.04. The lowest BCUT2D eigenvalue weighted by Crippen LogP contribution is -2.19. The molecule has 124 valence electrons. The van der Waals surface area contributed by atoms with E-state index in [0.29, 0.717) is 11.3 Å². The summed E-state index contributed by atoms with van der Waals surface area (Å²) in [4.78, 5) is 18.7. The van der Waals surface area contributed by atoms with Crippen LogP contribution in [0.3, 0.4) is 0 Å². The van der Waals surface area contributed by atoms with Crippen LogP contribution in [0.15, 0.2) is 35.7 Å². The first-order chi connectivity index (χ1) is 11.3. The molecule has 0 spiro atoms. The zero-order valence-electron chi connectivity index (χ0n) is 12.1. The fraction of sp³-hybridized carbons (Fsp3) is 0.154. The van der Waals surface area contributed by atoms with Gasteiger partial charge in [0.25, 0.3) is 5.95 Å². The van der Waals surface area contributed by atoms with Crippen molar-refractivity contribution in [2.45, 2.75) is 13.1 Å². The van der Waals surface area contributed by atoms with Crippen LogP contribution < -0.4 is 5.32 Å². The third kappa shape index (κ3) is 3.59. The number of pyridine rings is 1. The molecule has 0 aliphatic rings. The molecule has 7 nitrogen and oxygen atoms in total. The summed E-state index contributed by atoms with van der Waals surface area (Å²) in [6.45, 7) is 0.816. The summed E-state index contributed by atoms with van der Waals surface area (Å²) < 4.78 is 39.4. The third-order valence-electron chi connectivity index (χ3n) is 2.93. The first-order valence-corrected chi connectivity index (χ1v) is 6.93. The van der Waals surface area contributed by atoms with E-state index in [2.05, 4.69) is 30.2 Å². The average Bonchev–Trinajstić information content (AvgIpc) is 2.93. The molecule has 0 fully saturated rings. The predicted octanol–water partition coefficient (Wildman–Crippen LogP) is 3.57. The Morgan fingerprint density at radius 1 is 1.25 bits per heavy atom. The van der Waals surface area contributed by atoms with Gasteiger partial charge in [0.05, 0.1) is 0 Å². The number of nitrogens with zero attached hydrogens (tertiary/aromatic N) is 6. The molecular weight excluding hydrogens is 347 g/mol. The molecule has 3 heterocycles. The summed E-state index contributed by atoms with van der Waals surface area (Å²) in [6, 6.07) is 3.43. The van der Waals surface area contributed by atoms with Crippen molar-refractivity contribution in [3.63, 3.8) is 0 Å². The Balaban J connectivity index is 1.91. The van der Waals surface area contributed by atoms with Crippen LogP contribution in [0.1, 0.15) is 6.92 Å². The topological polar surface area (TPSA) is 80.4 Å². The van der Waals surface area contributed by atoms with Crippen LogP contribution in [-0.4, -0.2) is 36.2 Å². The van der Waals surface area contributed by atoms with Crippen molar-refractivity contribution in [3.05, 3.63) is 36.0 Å². The van der Waals surface area contributed by atoms with Crippen LogP contribution in [0.25, 0.3) is 5.65 Å². The third-order valence-corrected chi connectivity index (χ3v) is 3.10. The number of aliphatic imine (C=N–C) groups is 1. The van der Waals surface area contributed by atoms with Gasteiger partial charge in [-0.3, -0.25) is 0 Å². The summed E-state index contributed by atoms with van der Waals surface area (Å²) >= 11 is 5.72. The molecule has 3 aromatic heterocycles. The second-order valence-corrected chi connectivity index (χ2v) is 4.99. The van der Waals surface area contributed by atoms with Crippen molar-refractivity contribution in [1.29, 1.82) is 0 Å². The maximum Gasteiger partial charge on any atom is 0.429 e. The molecule has 1 N–H and O–H groups in total. The Morgan fingerprint density at radius 2 is 2.04 bits per heavy atom. The molecule has 0 saturated carbocycles. The normalized spacial score (nSPS) is 12.6. The number of alkyl halides is 3. The fourth-order valence-electron chi connectivity index (χ4n) is 1.78. The van der Waals surface area contributed by atoms with E-state index >= 15 is 0 Å². The molecule has 0 atom stereocenters. The predicted molar refractivity (Wildman–Crippen MR) is 82.1 cm³/mol. The van der Waals surface area contributed by atoms with E-state index in [1.807, 2.05) is 0 Å². The average molecular weight is 356 g/mol. The molecule has 0 aliphatic carbocycles. The Kier molecular flexibility index (Phi) is 4.06. The van der Waals surface area contributed by atoms with Crippen molar-refractivity contribution in [1.82, 2.24) is 24.3 Å². The van der Waals surface area contributed by atoms with Crippen LogP contribution in [-0.2, 0) is 0 Å². The summed E-state index contributed by atoms with van der Waals surface area (Å²) in [5.74, 6) is -0.464.